The fourth-order valence-corrected chi connectivity index (χ4v) is 1.47. The van der Waals surface area contributed by atoms with E-state index in [1.165, 1.54) is 0 Å². The molecule has 0 aromatic carbocycles. The number of hydrogen-bond acceptors (Lipinski definition) is 3. The molecule has 0 bridgehead atoms. The Kier molecular flexibility index (Phi) is 2.27. The lowest BCUT2D eigenvalue weighted by molar-refractivity contribution is 0.944. The van der Waals surface area contributed by atoms with Gasteiger partial charge in [-0.1, -0.05) is 30.4 Å². The molecule has 1 aromatic heterocycles. The molecule has 0 spiro atoms. The predicted octanol–water partition coefficient (Wildman–Crippen LogP) is 2.06. The maximum Gasteiger partial charge on any atom is 0.140 e. The third kappa shape index (κ3) is 1.70. The summed E-state index contributed by atoms with van der Waals surface area (Å²) < 4.78 is 0. The Morgan fingerprint density at radius 3 is 2.62 bits per heavy atom. The van der Waals surface area contributed by atoms with Crippen LogP contribution in [0.25, 0.3) is 0 Å². The number of hydrogen-bond donors (Lipinski definition) is 0. The summed E-state index contributed by atoms with van der Waals surface area (Å²) in [6, 6.07) is 1.80. The lowest BCUT2D eigenvalue weighted by atomic mass is 10.00. The van der Waals surface area contributed by atoms with Gasteiger partial charge in [0, 0.05) is 17.3 Å². The molecule has 2 rings (SSSR count). The minimum absolute atomic E-state index is 0.0706. The molecule has 2 nitrogen and oxygen atoms in total. The van der Waals surface area contributed by atoms with Crippen molar-refractivity contribution in [2.45, 2.75) is 5.92 Å². The second kappa shape index (κ2) is 3.58. The van der Waals surface area contributed by atoms with Crippen LogP contribution in [-0.2, 0) is 0 Å². The van der Waals surface area contributed by atoms with Crippen molar-refractivity contribution in [3.05, 3.63) is 48.6 Å². The number of nitrogens with zero attached hydrogens (tertiary/aromatic N) is 2. The topological polar surface area (TPSA) is 25.8 Å². The molecule has 0 radical (unpaired) electrons. The quantitative estimate of drug-likeness (QED) is 0.631. The summed E-state index contributed by atoms with van der Waals surface area (Å²) >= 11 is 5.19. The second-order valence-corrected chi connectivity index (χ2v) is 3.20. The molecule has 13 heavy (non-hydrogen) atoms. The molecule has 64 valence electrons. The highest BCUT2D eigenvalue weighted by atomic mass is 32.1. The van der Waals surface area contributed by atoms with E-state index in [0.29, 0.717) is 0 Å². The minimum atomic E-state index is 0.0706. The van der Waals surface area contributed by atoms with Crippen molar-refractivity contribution in [3.8, 4) is 0 Å². The fraction of sp³-hybridized carbons (Fsp3) is 0.100. The van der Waals surface area contributed by atoms with Crippen molar-refractivity contribution in [1.29, 1.82) is 0 Å². The summed E-state index contributed by atoms with van der Waals surface area (Å²) in [7, 11) is 0. The molecule has 1 aliphatic rings. The summed E-state index contributed by atoms with van der Waals surface area (Å²) in [5, 5.41) is 0. The first-order valence-electron chi connectivity index (χ1n) is 4.03. The molecule has 1 atom stereocenters. The molecule has 1 aromatic rings. The van der Waals surface area contributed by atoms with E-state index < -0.39 is 0 Å². The standard InChI is InChI=1S/C10H8N2S/c13-9-5-2-1-4-8(9)10-11-6-3-7-12-10/h1-8H. The second-order valence-electron chi connectivity index (χ2n) is 2.73. The first-order chi connectivity index (χ1) is 6.38. The SMILES string of the molecule is S=C1C=CC=CC1c1ncccn1. The van der Waals surface area contributed by atoms with E-state index in [4.69, 9.17) is 12.2 Å². The maximum atomic E-state index is 5.19. The van der Waals surface area contributed by atoms with Gasteiger partial charge in [0.25, 0.3) is 0 Å². The van der Waals surface area contributed by atoms with Crippen LogP contribution in [0.4, 0.5) is 0 Å². The molecule has 1 aliphatic carbocycles. The Bertz CT molecular complexity index is 368. The average Bonchev–Trinajstić information content (AvgIpc) is 2.20. The van der Waals surface area contributed by atoms with E-state index in [9.17, 15) is 0 Å². The largest absolute Gasteiger partial charge is 0.240 e. The molecule has 3 heteroatoms. The van der Waals surface area contributed by atoms with Crippen LogP contribution < -0.4 is 0 Å². The zero-order valence-electron chi connectivity index (χ0n) is 6.92. The van der Waals surface area contributed by atoms with Gasteiger partial charge in [0.2, 0.25) is 0 Å². The minimum Gasteiger partial charge on any atom is -0.240 e. The fourth-order valence-electron chi connectivity index (χ4n) is 1.21. The van der Waals surface area contributed by atoms with Crippen molar-refractivity contribution < 1.29 is 0 Å². The number of aromatic nitrogens is 2. The third-order valence-electron chi connectivity index (χ3n) is 1.85. The van der Waals surface area contributed by atoms with E-state index in [0.717, 1.165) is 10.7 Å². The van der Waals surface area contributed by atoms with Gasteiger partial charge < -0.3 is 0 Å². The predicted molar refractivity (Wildman–Crippen MR) is 55.7 cm³/mol. The Hall–Kier alpha value is -1.35. The van der Waals surface area contributed by atoms with Crippen molar-refractivity contribution in [2.75, 3.05) is 0 Å². The summed E-state index contributed by atoms with van der Waals surface area (Å²) in [5.74, 6) is 0.842. The van der Waals surface area contributed by atoms with Gasteiger partial charge in [-0.05, 0) is 12.1 Å². The van der Waals surface area contributed by atoms with Crippen molar-refractivity contribution >= 4 is 17.1 Å². The van der Waals surface area contributed by atoms with Crippen LogP contribution >= 0.6 is 12.2 Å². The van der Waals surface area contributed by atoms with Crippen LogP contribution in [0.5, 0.6) is 0 Å². The summed E-state index contributed by atoms with van der Waals surface area (Å²) in [5.41, 5.74) is 0. The van der Waals surface area contributed by atoms with Crippen LogP contribution in [-0.4, -0.2) is 14.8 Å². The molecular weight excluding hydrogens is 180 g/mol. The first-order valence-corrected chi connectivity index (χ1v) is 4.44. The highest BCUT2D eigenvalue weighted by molar-refractivity contribution is 7.80. The number of rotatable bonds is 1. The van der Waals surface area contributed by atoms with E-state index in [1.807, 2.05) is 24.3 Å². The van der Waals surface area contributed by atoms with Gasteiger partial charge in [-0.3, -0.25) is 0 Å². The van der Waals surface area contributed by atoms with Crippen LogP contribution in [0.2, 0.25) is 0 Å². The van der Waals surface area contributed by atoms with Crippen molar-refractivity contribution in [3.63, 3.8) is 0 Å². The zero-order chi connectivity index (χ0) is 9.10. The van der Waals surface area contributed by atoms with Gasteiger partial charge in [0.1, 0.15) is 5.82 Å². The van der Waals surface area contributed by atoms with Gasteiger partial charge in [-0.15, -0.1) is 0 Å². The normalized spacial score (nSPS) is 20.6. The molecule has 1 unspecified atom stereocenters. The molecular formula is C10H8N2S. The smallest absolute Gasteiger partial charge is 0.140 e. The number of allylic oxidation sites excluding steroid dienone is 4. The van der Waals surface area contributed by atoms with Crippen LogP contribution in [0.3, 0.4) is 0 Å². The maximum absolute atomic E-state index is 5.19. The molecule has 0 N–H and O–H groups in total. The number of thiocarbonyl (C=S) groups is 1. The van der Waals surface area contributed by atoms with E-state index in [1.54, 1.807) is 18.5 Å². The Morgan fingerprint density at radius 2 is 1.92 bits per heavy atom. The molecule has 0 saturated heterocycles. The third-order valence-corrected chi connectivity index (χ3v) is 2.24. The van der Waals surface area contributed by atoms with Crippen molar-refractivity contribution in [1.82, 2.24) is 9.97 Å². The average molecular weight is 188 g/mol. The van der Waals surface area contributed by atoms with Crippen molar-refractivity contribution in [2.24, 2.45) is 0 Å². The Balaban J connectivity index is 2.32. The summed E-state index contributed by atoms with van der Waals surface area (Å²) in [6.45, 7) is 0. The van der Waals surface area contributed by atoms with Gasteiger partial charge in [0.15, 0.2) is 0 Å². The van der Waals surface area contributed by atoms with Gasteiger partial charge >= 0.3 is 0 Å². The Labute approximate surface area is 82.0 Å². The van der Waals surface area contributed by atoms with Gasteiger partial charge in [-0.25, -0.2) is 9.97 Å². The lowest BCUT2D eigenvalue weighted by Crippen LogP contribution is -2.10. The molecule has 0 amide bonds. The van der Waals surface area contributed by atoms with Gasteiger partial charge in [0.05, 0.1) is 5.92 Å². The molecule has 0 saturated carbocycles. The summed E-state index contributed by atoms with van der Waals surface area (Å²) in [4.78, 5) is 9.21. The van der Waals surface area contributed by atoms with E-state index >= 15 is 0 Å². The van der Waals surface area contributed by atoms with E-state index in [2.05, 4.69) is 9.97 Å². The van der Waals surface area contributed by atoms with Crippen LogP contribution in [0, 0.1) is 0 Å². The summed E-state index contributed by atoms with van der Waals surface area (Å²) in [6.07, 6.45) is 11.3. The van der Waals surface area contributed by atoms with E-state index in [-0.39, 0.29) is 5.92 Å². The lowest BCUT2D eigenvalue weighted by Gasteiger charge is -2.11. The molecule has 0 aliphatic heterocycles. The zero-order valence-corrected chi connectivity index (χ0v) is 7.74. The van der Waals surface area contributed by atoms with Crippen LogP contribution in [0.1, 0.15) is 11.7 Å². The van der Waals surface area contributed by atoms with Gasteiger partial charge in [-0.2, -0.15) is 0 Å². The van der Waals surface area contributed by atoms with Crippen LogP contribution in [0.15, 0.2) is 42.8 Å². The highest BCUT2D eigenvalue weighted by Crippen LogP contribution is 2.18. The molecule has 1 heterocycles. The molecule has 0 fully saturated rings. The first kappa shape index (κ1) is 8.26. The Morgan fingerprint density at radius 1 is 1.15 bits per heavy atom. The monoisotopic (exact) mass is 188 g/mol. The highest BCUT2D eigenvalue weighted by Gasteiger charge is 2.15.